The first-order chi connectivity index (χ1) is 9.57. The number of hydrogen-bond acceptors (Lipinski definition) is 3. The number of amides is 1. The number of carbonyl (C=O) groups excluding carboxylic acids is 1. The highest BCUT2D eigenvalue weighted by atomic mass is 16.2. The predicted molar refractivity (Wildman–Crippen MR) is 82.7 cm³/mol. The van der Waals surface area contributed by atoms with Gasteiger partial charge in [-0.15, -0.1) is 0 Å². The first kappa shape index (κ1) is 15.8. The van der Waals surface area contributed by atoms with Crippen LogP contribution in [0.3, 0.4) is 0 Å². The molecule has 2 heterocycles. The summed E-state index contributed by atoms with van der Waals surface area (Å²) in [6.07, 6.45) is 5.59. The molecule has 0 bridgehead atoms. The average molecular weight is 281 g/mol. The Morgan fingerprint density at radius 2 is 2.10 bits per heavy atom. The molecule has 20 heavy (non-hydrogen) atoms. The van der Waals surface area contributed by atoms with Gasteiger partial charge in [-0.25, -0.2) is 0 Å². The molecule has 116 valence electrons. The standard InChI is InChI=1S/C16H31N3O/c1-4-7-16(8-9-17-13-16)15(20)19(3)12-14-5-10-18(2)11-6-14/h14,17H,4-13H2,1-3H3. The van der Waals surface area contributed by atoms with E-state index in [0.717, 1.165) is 38.9 Å². The lowest BCUT2D eigenvalue weighted by Gasteiger charge is -2.36. The lowest BCUT2D eigenvalue weighted by molar-refractivity contribution is -0.141. The Hall–Kier alpha value is -0.610. The van der Waals surface area contributed by atoms with Crippen molar-refractivity contribution >= 4 is 5.91 Å². The van der Waals surface area contributed by atoms with Crippen molar-refractivity contribution in [3.8, 4) is 0 Å². The molecule has 0 aromatic carbocycles. The molecule has 0 saturated carbocycles. The van der Waals surface area contributed by atoms with Crippen LogP contribution < -0.4 is 5.32 Å². The van der Waals surface area contributed by atoms with Crippen LogP contribution in [0.25, 0.3) is 0 Å². The Kier molecular flexibility index (Phi) is 5.44. The van der Waals surface area contributed by atoms with E-state index in [0.29, 0.717) is 11.8 Å². The van der Waals surface area contributed by atoms with Crippen molar-refractivity contribution < 1.29 is 4.79 Å². The predicted octanol–water partition coefficient (Wildman–Crippen LogP) is 1.57. The molecule has 0 radical (unpaired) electrons. The highest BCUT2D eigenvalue weighted by molar-refractivity contribution is 5.83. The first-order valence-electron chi connectivity index (χ1n) is 8.22. The third-order valence-electron chi connectivity index (χ3n) is 5.14. The van der Waals surface area contributed by atoms with Gasteiger partial charge in [0.15, 0.2) is 0 Å². The minimum Gasteiger partial charge on any atom is -0.345 e. The summed E-state index contributed by atoms with van der Waals surface area (Å²) >= 11 is 0. The molecule has 4 heteroatoms. The number of nitrogens with one attached hydrogen (secondary N) is 1. The van der Waals surface area contributed by atoms with Crippen LogP contribution in [0.15, 0.2) is 0 Å². The molecule has 0 aromatic heterocycles. The van der Waals surface area contributed by atoms with Crippen molar-refractivity contribution in [3.63, 3.8) is 0 Å². The zero-order valence-electron chi connectivity index (χ0n) is 13.5. The second-order valence-corrected chi connectivity index (χ2v) is 6.89. The molecule has 1 atom stereocenters. The van der Waals surface area contributed by atoms with Gasteiger partial charge in [-0.2, -0.15) is 0 Å². The van der Waals surface area contributed by atoms with Crippen LogP contribution in [0.5, 0.6) is 0 Å². The molecule has 1 amide bonds. The zero-order valence-corrected chi connectivity index (χ0v) is 13.5. The maximum atomic E-state index is 12.9. The summed E-state index contributed by atoms with van der Waals surface area (Å²) in [5.74, 6) is 1.07. The van der Waals surface area contributed by atoms with Gasteiger partial charge in [0, 0.05) is 20.1 Å². The summed E-state index contributed by atoms with van der Waals surface area (Å²) in [6, 6.07) is 0. The van der Waals surface area contributed by atoms with Crippen molar-refractivity contribution in [3.05, 3.63) is 0 Å². The fourth-order valence-electron chi connectivity index (χ4n) is 3.84. The smallest absolute Gasteiger partial charge is 0.229 e. The number of piperidine rings is 1. The van der Waals surface area contributed by atoms with Gasteiger partial charge in [0.2, 0.25) is 5.91 Å². The van der Waals surface area contributed by atoms with E-state index >= 15 is 0 Å². The third-order valence-corrected chi connectivity index (χ3v) is 5.14. The van der Waals surface area contributed by atoms with E-state index < -0.39 is 0 Å². The normalized spacial score (nSPS) is 28.8. The molecule has 1 unspecified atom stereocenters. The quantitative estimate of drug-likeness (QED) is 0.831. The van der Waals surface area contributed by atoms with Crippen LogP contribution in [0.4, 0.5) is 0 Å². The van der Waals surface area contributed by atoms with Gasteiger partial charge >= 0.3 is 0 Å². The summed E-state index contributed by atoms with van der Waals surface area (Å²) in [4.78, 5) is 17.3. The molecular weight excluding hydrogens is 250 g/mol. The SMILES string of the molecule is CCCC1(C(=O)N(C)CC2CCN(C)CC2)CCNC1. The van der Waals surface area contributed by atoms with Gasteiger partial charge in [-0.3, -0.25) is 4.79 Å². The summed E-state index contributed by atoms with van der Waals surface area (Å²) in [6.45, 7) is 7.34. The van der Waals surface area contributed by atoms with Crippen LogP contribution in [0.2, 0.25) is 0 Å². The van der Waals surface area contributed by atoms with Gasteiger partial charge in [-0.1, -0.05) is 13.3 Å². The van der Waals surface area contributed by atoms with E-state index in [1.54, 1.807) is 0 Å². The van der Waals surface area contributed by atoms with Crippen molar-refractivity contribution in [2.75, 3.05) is 46.8 Å². The molecule has 0 spiro atoms. The fourth-order valence-corrected chi connectivity index (χ4v) is 3.84. The minimum atomic E-state index is -0.116. The molecule has 0 aliphatic carbocycles. The van der Waals surface area contributed by atoms with Crippen LogP contribution >= 0.6 is 0 Å². The molecule has 4 nitrogen and oxygen atoms in total. The van der Waals surface area contributed by atoms with Crippen molar-refractivity contribution in [1.82, 2.24) is 15.1 Å². The molecule has 2 rings (SSSR count). The molecular formula is C16H31N3O. The summed E-state index contributed by atoms with van der Waals surface area (Å²) in [5, 5.41) is 3.39. The molecule has 2 fully saturated rings. The Morgan fingerprint density at radius 1 is 1.40 bits per heavy atom. The average Bonchev–Trinajstić information content (AvgIpc) is 2.90. The first-order valence-corrected chi connectivity index (χ1v) is 8.22. The third kappa shape index (κ3) is 3.53. The second kappa shape index (κ2) is 6.90. The summed E-state index contributed by atoms with van der Waals surface area (Å²) < 4.78 is 0. The number of carbonyl (C=O) groups is 1. The fraction of sp³-hybridized carbons (Fsp3) is 0.938. The van der Waals surface area contributed by atoms with Crippen molar-refractivity contribution in [2.45, 2.75) is 39.0 Å². The van der Waals surface area contributed by atoms with E-state index in [1.807, 2.05) is 11.9 Å². The van der Waals surface area contributed by atoms with E-state index in [9.17, 15) is 4.79 Å². The van der Waals surface area contributed by atoms with Crippen molar-refractivity contribution in [1.29, 1.82) is 0 Å². The maximum absolute atomic E-state index is 12.9. The highest BCUT2D eigenvalue weighted by Crippen LogP contribution is 2.33. The van der Waals surface area contributed by atoms with Gasteiger partial charge in [0.1, 0.15) is 0 Å². The van der Waals surface area contributed by atoms with Gasteiger partial charge < -0.3 is 15.1 Å². The summed E-state index contributed by atoms with van der Waals surface area (Å²) in [7, 11) is 4.20. The maximum Gasteiger partial charge on any atom is 0.229 e. The summed E-state index contributed by atoms with van der Waals surface area (Å²) in [5.41, 5.74) is -0.116. The zero-order chi connectivity index (χ0) is 14.6. The van der Waals surface area contributed by atoms with E-state index in [-0.39, 0.29) is 5.41 Å². The molecule has 0 aromatic rings. The van der Waals surface area contributed by atoms with Crippen molar-refractivity contribution in [2.24, 2.45) is 11.3 Å². The van der Waals surface area contributed by atoms with Gasteiger partial charge in [-0.05, 0) is 58.3 Å². The van der Waals surface area contributed by atoms with Crippen LogP contribution in [-0.2, 0) is 4.79 Å². The van der Waals surface area contributed by atoms with E-state index in [4.69, 9.17) is 0 Å². The lowest BCUT2D eigenvalue weighted by Crippen LogP contribution is -2.46. The van der Waals surface area contributed by atoms with Crippen LogP contribution in [-0.4, -0.2) is 62.5 Å². The lowest BCUT2D eigenvalue weighted by atomic mass is 9.81. The highest BCUT2D eigenvalue weighted by Gasteiger charge is 2.42. The van der Waals surface area contributed by atoms with Crippen LogP contribution in [0, 0.1) is 11.3 Å². The number of hydrogen-bond donors (Lipinski definition) is 1. The van der Waals surface area contributed by atoms with Gasteiger partial charge in [0.25, 0.3) is 0 Å². The number of nitrogens with zero attached hydrogens (tertiary/aromatic N) is 2. The van der Waals surface area contributed by atoms with E-state index in [2.05, 4.69) is 24.2 Å². The second-order valence-electron chi connectivity index (χ2n) is 6.89. The molecule has 2 saturated heterocycles. The monoisotopic (exact) mass is 281 g/mol. The Balaban J connectivity index is 1.90. The molecule has 2 aliphatic heterocycles. The number of rotatable bonds is 5. The Bertz CT molecular complexity index is 318. The van der Waals surface area contributed by atoms with Gasteiger partial charge in [0.05, 0.1) is 5.41 Å². The Morgan fingerprint density at radius 3 is 2.65 bits per heavy atom. The Labute approximate surface area is 123 Å². The largest absolute Gasteiger partial charge is 0.345 e. The molecule has 1 N–H and O–H groups in total. The van der Waals surface area contributed by atoms with E-state index in [1.165, 1.54) is 25.9 Å². The van der Waals surface area contributed by atoms with Crippen LogP contribution in [0.1, 0.15) is 39.0 Å². The minimum absolute atomic E-state index is 0.116. The topological polar surface area (TPSA) is 35.6 Å². The number of likely N-dealkylation sites (tertiary alicyclic amines) is 1. The molecule has 2 aliphatic rings.